The summed E-state index contributed by atoms with van der Waals surface area (Å²) in [5.41, 5.74) is 1.79. The van der Waals surface area contributed by atoms with Gasteiger partial charge in [0.05, 0.1) is 36.4 Å². The number of aryl methyl sites for hydroxylation is 1. The van der Waals surface area contributed by atoms with Crippen LogP contribution in [0, 0.1) is 5.82 Å². The number of pyridine rings is 3. The quantitative estimate of drug-likeness (QED) is 0.445. The Kier molecular flexibility index (Phi) is 4.28. The molecule has 5 heterocycles. The monoisotopic (exact) mass is 419 g/mol. The average molecular weight is 419 g/mol. The van der Waals surface area contributed by atoms with Crippen LogP contribution in [0.2, 0.25) is 0 Å². The van der Waals surface area contributed by atoms with E-state index >= 15 is 0 Å². The van der Waals surface area contributed by atoms with E-state index < -0.39 is 11.9 Å². The summed E-state index contributed by atoms with van der Waals surface area (Å²) in [6.45, 7) is 1.81. The van der Waals surface area contributed by atoms with Gasteiger partial charge >= 0.3 is 0 Å². The highest BCUT2D eigenvalue weighted by Gasteiger charge is 2.20. The molecule has 0 amide bonds. The first-order valence-corrected chi connectivity index (χ1v) is 9.54. The van der Waals surface area contributed by atoms with Crippen LogP contribution < -0.4 is 10.3 Å². The van der Waals surface area contributed by atoms with Gasteiger partial charge < -0.3 is 9.30 Å². The van der Waals surface area contributed by atoms with E-state index in [0.29, 0.717) is 28.0 Å². The van der Waals surface area contributed by atoms with Crippen molar-refractivity contribution in [2.24, 2.45) is 7.05 Å². The van der Waals surface area contributed by atoms with Gasteiger partial charge in [-0.15, -0.1) is 10.2 Å². The number of hydrogen-bond donors (Lipinski definition) is 0. The Balaban J connectivity index is 1.66. The van der Waals surface area contributed by atoms with E-state index in [9.17, 15) is 9.18 Å². The van der Waals surface area contributed by atoms with Crippen LogP contribution in [0.15, 0.2) is 54.0 Å². The lowest BCUT2D eigenvalue weighted by atomic mass is 10.1. The molecule has 0 aliphatic carbocycles. The second-order valence-electron chi connectivity index (χ2n) is 7.24. The van der Waals surface area contributed by atoms with Gasteiger partial charge in [-0.25, -0.2) is 4.39 Å². The zero-order valence-corrected chi connectivity index (χ0v) is 17.0. The van der Waals surface area contributed by atoms with Crippen LogP contribution >= 0.6 is 0 Å². The van der Waals surface area contributed by atoms with Crippen molar-refractivity contribution in [1.29, 1.82) is 0 Å². The summed E-state index contributed by atoms with van der Waals surface area (Å²) in [7, 11) is 3.31. The van der Waals surface area contributed by atoms with Gasteiger partial charge in [0.1, 0.15) is 5.75 Å². The Morgan fingerprint density at radius 3 is 2.71 bits per heavy atom. The molecule has 0 fully saturated rings. The van der Waals surface area contributed by atoms with E-state index in [1.807, 2.05) is 6.92 Å². The van der Waals surface area contributed by atoms with Gasteiger partial charge in [-0.1, -0.05) is 0 Å². The van der Waals surface area contributed by atoms with Gasteiger partial charge in [0.25, 0.3) is 5.56 Å². The topological polar surface area (TPSA) is 92.1 Å². The predicted molar refractivity (Wildman–Crippen MR) is 112 cm³/mol. The standard InChI is InChI=1S/C21H18FN7O2/c1-12(28-5-4-18-16(21(28)30)7-15(31-3)9-23-18)19-25-26-20-17(22)6-13(11-29(19)20)14-8-24-27(2)10-14/h4-12H,1-3H3. The molecule has 5 aromatic rings. The molecule has 0 spiro atoms. The third-order valence-electron chi connectivity index (χ3n) is 5.30. The lowest BCUT2D eigenvalue weighted by molar-refractivity contribution is 0.413. The molecule has 1 atom stereocenters. The number of methoxy groups -OCH3 is 1. The van der Waals surface area contributed by atoms with Gasteiger partial charge in [-0.2, -0.15) is 5.10 Å². The fourth-order valence-electron chi connectivity index (χ4n) is 3.64. The molecule has 156 valence electrons. The van der Waals surface area contributed by atoms with Crippen LogP contribution in [0.1, 0.15) is 18.8 Å². The van der Waals surface area contributed by atoms with Crippen molar-refractivity contribution in [1.82, 2.24) is 33.9 Å². The number of rotatable bonds is 4. The highest BCUT2D eigenvalue weighted by atomic mass is 19.1. The van der Waals surface area contributed by atoms with Crippen molar-refractivity contribution < 1.29 is 9.13 Å². The Morgan fingerprint density at radius 1 is 1.13 bits per heavy atom. The van der Waals surface area contributed by atoms with Gasteiger partial charge in [0.2, 0.25) is 0 Å². The summed E-state index contributed by atoms with van der Waals surface area (Å²) in [6, 6.07) is 4.28. The van der Waals surface area contributed by atoms with Crippen molar-refractivity contribution in [2.75, 3.05) is 7.11 Å². The number of ether oxygens (including phenoxy) is 1. The van der Waals surface area contributed by atoms with Crippen molar-refractivity contribution in [2.45, 2.75) is 13.0 Å². The van der Waals surface area contributed by atoms with Crippen LogP contribution in [0.25, 0.3) is 27.7 Å². The van der Waals surface area contributed by atoms with Gasteiger partial charge in [0, 0.05) is 36.8 Å². The van der Waals surface area contributed by atoms with E-state index in [2.05, 4.69) is 20.3 Å². The lowest BCUT2D eigenvalue weighted by Crippen LogP contribution is -2.25. The molecule has 31 heavy (non-hydrogen) atoms. The minimum Gasteiger partial charge on any atom is -0.495 e. The third-order valence-corrected chi connectivity index (χ3v) is 5.30. The fourth-order valence-corrected chi connectivity index (χ4v) is 3.64. The Labute approximate surface area is 175 Å². The Morgan fingerprint density at radius 2 is 1.97 bits per heavy atom. The highest BCUT2D eigenvalue weighted by Crippen LogP contribution is 2.25. The molecule has 0 aliphatic heterocycles. The second kappa shape index (κ2) is 7.01. The summed E-state index contributed by atoms with van der Waals surface area (Å²) in [4.78, 5) is 17.4. The van der Waals surface area contributed by atoms with Gasteiger partial charge in [0.15, 0.2) is 17.3 Å². The van der Waals surface area contributed by atoms with Crippen LogP contribution in [-0.4, -0.2) is 41.0 Å². The molecule has 1 unspecified atom stereocenters. The summed E-state index contributed by atoms with van der Waals surface area (Å²) in [6.07, 6.45) is 8.41. The third kappa shape index (κ3) is 3.03. The largest absolute Gasteiger partial charge is 0.495 e. The van der Waals surface area contributed by atoms with Crippen molar-refractivity contribution >= 4 is 16.6 Å². The maximum Gasteiger partial charge on any atom is 0.260 e. The minimum atomic E-state index is -0.512. The van der Waals surface area contributed by atoms with E-state index in [-0.39, 0.29) is 11.2 Å². The zero-order valence-electron chi connectivity index (χ0n) is 17.0. The molecule has 9 nitrogen and oxygen atoms in total. The Hall–Kier alpha value is -4.08. The minimum absolute atomic E-state index is 0.0895. The van der Waals surface area contributed by atoms with Crippen LogP contribution in [0.3, 0.4) is 0 Å². The second-order valence-corrected chi connectivity index (χ2v) is 7.24. The molecular weight excluding hydrogens is 401 g/mol. The molecule has 0 saturated carbocycles. The maximum absolute atomic E-state index is 14.7. The normalized spacial score (nSPS) is 12.5. The van der Waals surface area contributed by atoms with E-state index in [1.165, 1.54) is 17.7 Å². The van der Waals surface area contributed by atoms with Crippen molar-refractivity contribution in [3.8, 4) is 16.9 Å². The van der Waals surface area contributed by atoms with Gasteiger partial charge in [-0.05, 0) is 25.1 Å². The molecule has 0 radical (unpaired) electrons. The zero-order chi connectivity index (χ0) is 21.7. The molecule has 0 aromatic carbocycles. The Bertz CT molecular complexity index is 1500. The van der Waals surface area contributed by atoms with Crippen LogP contribution in [0.4, 0.5) is 4.39 Å². The fraction of sp³-hybridized carbons (Fsp3) is 0.190. The summed E-state index contributed by atoms with van der Waals surface area (Å²) >= 11 is 0. The SMILES string of the molecule is COc1cnc2ccn(C(C)c3nnc4c(F)cc(-c5cnn(C)c5)cn34)c(=O)c2c1. The molecular formula is C21H18FN7O2. The smallest absolute Gasteiger partial charge is 0.260 e. The van der Waals surface area contributed by atoms with E-state index in [0.717, 1.165) is 5.56 Å². The first kappa shape index (κ1) is 18.9. The number of aromatic nitrogens is 7. The molecule has 0 N–H and O–H groups in total. The summed E-state index contributed by atoms with van der Waals surface area (Å²) in [5, 5.41) is 12.7. The predicted octanol–water partition coefficient (Wildman–Crippen LogP) is 2.60. The highest BCUT2D eigenvalue weighted by molar-refractivity contribution is 5.78. The van der Waals surface area contributed by atoms with Crippen LogP contribution in [-0.2, 0) is 7.05 Å². The molecule has 10 heteroatoms. The molecule has 5 rings (SSSR count). The number of hydrogen-bond acceptors (Lipinski definition) is 6. The lowest BCUT2D eigenvalue weighted by Gasteiger charge is -2.15. The maximum atomic E-state index is 14.7. The van der Waals surface area contributed by atoms with Crippen LogP contribution in [0.5, 0.6) is 5.75 Å². The van der Waals surface area contributed by atoms with E-state index in [1.54, 1.807) is 59.2 Å². The molecule has 5 aromatic heterocycles. The molecule has 0 aliphatic rings. The number of nitrogens with zero attached hydrogens (tertiary/aromatic N) is 7. The first-order chi connectivity index (χ1) is 15.0. The van der Waals surface area contributed by atoms with Crippen molar-refractivity contribution in [3.05, 3.63) is 71.2 Å². The van der Waals surface area contributed by atoms with Crippen molar-refractivity contribution in [3.63, 3.8) is 0 Å². The summed E-state index contributed by atoms with van der Waals surface area (Å²) in [5.74, 6) is 0.412. The number of halogens is 1. The average Bonchev–Trinajstić information content (AvgIpc) is 3.40. The van der Waals surface area contributed by atoms with E-state index in [4.69, 9.17) is 4.74 Å². The number of fused-ring (bicyclic) bond motifs is 2. The summed E-state index contributed by atoms with van der Waals surface area (Å²) < 4.78 is 24.7. The first-order valence-electron chi connectivity index (χ1n) is 9.54. The van der Waals surface area contributed by atoms with Gasteiger partial charge in [-0.3, -0.25) is 18.9 Å². The molecule has 0 saturated heterocycles. The molecule has 0 bridgehead atoms.